The lowest BCUT2D eigenvalue weighted by molar-refractivity contribution is -0.115. The molecule has 0 aromatic heterocycles. The molecule has 0 aliphatic carbocycles. The van der Waals surface area contributed by atoms with Gasteiger partial charge in [-0.15, -0.1) is 11.8 Å². The lowest BCUT2D eigenvalue weighted by atomic mass is 10.2. The van der Waals surface area contributed by atoms with Crippen molar-refractivity contribution in [1.82, 2.24) is 0 Å². The van der Waals surface area contributed by atoms with Gasteiger partial charge in [-0.1, -0.05) is 23.8 Å². The molecule has 1 atom stereocenters. The van der Waals surface area contributed by atoms with E-state index >= 15 is 0 Å². The molecule has 0 saturated heterocycles. The summed E-state index contributed by atoms with van der Waals surface area (Å²) in [4.78, 5) is 24.5. The monoisotopic (exact) mass is 470 g/mol. The molecule has 3 aromatic carbocycles. The fourth-order valence-electron chi connectivity index (χ4n) is 2.76. The number of carbonyl (C=O) groups is 2. The maximum atomic E-state index is 12.5. The fourth-order valence-corrected chi connectivity index (χ4v) is 4.69. The van der Waals surface area contributed by atoms with Crippen molar-refractivity contribution < 1.29 is 23.1 Å². The standard InChI is InChI=1S/C23H22N2O5S2/c1-15-6-12-21(13-7-15)32(29,30)25-18-8-10-20(11-9-18)31-16(2)22(26)24-19-5-3-4-17(14-19)23(27)28/h3-14,16,25H,1-2H3,(H,24,26)(H,27,28). The summed E-state index contributed by atoms with van der Waals surface area (Å²) in [5.74, 6) is -1.34. The Kier molecular flexibility index (Phi) is 7.22. The van der Waals surface area contributed by atoms with Gasteiger partial charge in [0.15, 0.2) is 0 Å². The molecule has 0 aliphatic rings. The highest BCUT2D eigenvalue weighted by atomic mass is 32.2. The summed E-state index contributed by atoms with van der Waals surface area (Å²) in [6.07, 6.45) is 0. The van der Waals surface area contributed by atoms with Crippen LogP contribution in [0.15, 0.2) is 82.6 Å². The van der Waals surface area contributed by atoms with Gasteiger partial charge in [-0.3, -0.25) is 9.52 Å². The summed E-state index contributed by atoms with van der Waals surface area (Å²) in [6, 6.07) is 19.3. The number of carboxylic acid groups (broad SMARTS) is 1. The van der Waals surface area contributed by atoms with E-state index in [1.807, 2.05) is 6.92 Å². The van der Waals surface area contributed by atoms with E-state index in [2.05, 4.69) is 10.0 Å². The number of anilines is 2. The molecule has 0 spiro atoms. The van der Waals surface area contributed by atoms with E-state index in [1.54, 1.807) is 67.6 Å². The number of carbonyl (C=O) groups excluding carboxylic acids is 1. The minimum atomic E-state index is -3.69. The van der Waals surface area contributed by atoms with Gasteiger partial charge in [-0.2, -0.15) is 0 Å². The van der Waals surface area contributed by atoms with E-state index in [-0.39, 0.29) is 16.4 Å². The average molecular weight is 471 g/mol. The quantitative estimate of drug-likeness (QED) is 0.414. The van der Waals surface area contributed by atoms with Gasteiger partial charge in [0.05, 0.1) is 15.7 Å². The number of rotatable bonds is 8. The molecule has 0 saturated carbocycles. The van der Waals surface area contributed by atoms with Crippen molar-refractivity contribution in [2.45, 2.75) is 28.9 Å². The zero-order valence-corrected chi connectivity index (χ0v) is 19.0. The number of amides is 1. The Balaban J connectivity index is 1.61. The third-order valence-corrected chi connectivity index (χ3v) is 7.01. The van der Waals surface area contributed by atoms with Gasteiger partial charge in [0.25, 0.3) is 10.0 Å². The third-order valence-electron chi connectivity index (χ3n) is 4.50. The van der Waals surface area contributed by atoms with Crippen molar-refractivity contribution >= 4 is 45.0 Å². The summed E-state index contributed by atoms with van der Waals surface area (Å²) < 4.78 is 27.5. The molecule has 166 valence electrons. The van der Waals surface area contributed by atoms with Crippen LogP contribution in [0.25, 0.3) is 0 Å². The maximum Gasteiger partial charge on any atom is 0.335 e. The Morgan fingerprint density at radius 2 is 1.59 bits per heavy atom. The first-order valence-corrected chi connectivity index (χ1v) is 12.0. The van der Waals surface area contributed by atoms with Crippen LogP contribution in [0.3, 0.4) is 0 Å². The first-order chi connectivity index (χ1) is 15.1. The topological polar surface area (TPSA) is 113 Å². The zero-order valence-electron chi connectivity index (χ0n) is 17.4. The third kappa shape index (κ3) is 6.12. The Morgan fingerprint density at radius 3 is 2.22 bits per heavy atom. The second-order valence-electron chi connectivity index (χ2n) is 7.08. The number of thioether (sulfide) groups is 1. The van der Waals surface area contributed by atoms with Crippen LogP contribution in [0.4, 0.5) is 11.4 Å². The van der Waals surface area contributed by atoms with Gasteiger partial charge in [0.1, 0.15) is 0 Å². The number of aromatic carboxylic acids is 1. The smallest absolute Gasteiger partial charge is 0.335 e. The Labute approximate surface area is 190 Å². The maximum absolute atomic E-state index is 12.5. The highest BCUT2D eigenvalue weighted by molar-refractivity contribution is 8.00. The summed E-state index contributed by atoms with van der Waals surface area (Å²) in [7, 11) is -3.69. The minimum Gasteiger partial charge on any atom is -0.478 e. The van der Waals surface area contributed by atoms with E-state index in [0.717, 1.165) is 10.5 Å². The zero-order chi connectivity index (χ0) is 23.3. The van der Waals surface area contributed by atoms with Crippen LogP contribution < -0.4 is 10.0 Å². The van der Waals surface area contributed by atoms with Crippen molar-refractivity contribution in [1.29, 1.82) is 0 Å². The molecule has 1 amide bonds. The Hall–Kier alpha value is -3.30. The van der Waals surface area contributed by atoms with E-state index in [0.29, 0.717) is 11.4 Å². The second-order valence-corrected chi connectivity index (χ2v) is 10.2. The van der Waals surface area contributed by atoms with Crippen LogP contribution in [0.2, 0.25) is 0 Å². The van der Waals surface area contributed by atoms with Gasteiger partial charge < -0.3 is 10.4 Å². The van der Waals surface area contributed by atoms with Gasteiger partial charge in [-0.05, 0) is 68.4 Å². The van der Waals surface area contributed by atoms with Crippen molar-refractivity contribution in [3.05, 3.63) is 83.9 Å². The Bertz CT molecular complexity index is 1220. The van der Waals surface area contributed by atoms with Crippen molar-refractivity contribution in [3.8, 4) is 0 Å². The van der Waals surface area contributed by atoms with E-state index in [4.69, 9.17) is 5.11 Å². The summed E-state index contributed by atoms with van der Waals surface area (Å²) >= 11 is 1.30. The highest BCUT2D eigenvalue weighted by Crippen LogP contribution is 2.26. The largest absolute Gasteiger partial charge is 0.478 e. The predicted octanol–water partition coefficient (Wildman–Crippen LogP) is 4.61. The molecule has 3 rings (SSSR count). The van der Waals surface area contributed by atoms with Crippen LogP contribution in [-0.2, 0) is 14.8 Å². The lowest BCUT2D eigenvalue weighted by Gasteiger charge is -2.13. The molecule has 1 unspecified atom stereocenters. The van der Waals surface area contributed by atoms with Crippen molar-refractivity contribution in [2.24, 2.45) is 0 Å². The number of carboxylic acids is 1. The average Bonchev–Trinajstić information content (AvgIpc) is 2.75. The molecule has 0 radical (unpaired) electrons. The molecular formula is C23H22N2O5S2. The van der Waals surface area contributed by atoms with Crippen LogP contribution in [0.5, 0.6) is 0 Å². The molecular weight excluding hydrogens is 448 g/mol. The summed E-state index contributed by atoms with van der Waals surface area (Å²) in [5, 5.41) is 11.3. The highest BCUT2D eigenvalue weighted by Gasteiger charge is 2.17. The van der Waals surface area contributed by atoms with Crippen LogP contribution in [0, 0.1) is 6.92 Å². The van der Waals surface area contributed by atoms with Crippen LogP contribution in [-0.4, -0.2) is 30.7 Å². The van der Waals surface area contributed by atoms with E-state index in [9.17, 15) is 18.0 Å². The van der Waals surface area contributed by atoms with Crippen LogP contribution in [0.1, 0.15) is 22.8 Å². The van der Waals surface area contributed by atoms with Gasteiger partial charge in [-0.25, -0.2) is 13.2 Å². The van der Waals surface area contributed by atoms with E-state index in [1.165, 1.54) is 23.9 Å². The number of hydrogen-bond donors (Lipinski definition) is 3. The SMILES string of the molecule is Cc1ccc(S(=O)(=O)Nc2ccc(SC(C)C(=O)Nc3cccc(C(=O)O)c3)cc2)cc1. The number of nitrogens with one attached hydrogen (secondary N) is 2. The molecule has 0 aliphatic heterocycles. The van der Waals surface area contributed by atoms with Gasteiger partial charge in [0, 0.05) is 16.3 Å². The van der Waals surface area contributed by atoms with E-state index < -0.39 is 21.2 Å². The second kappa shape index (κ2) is 9.88. The summed E-state index contributed by atoms with van der Waals surface area (Å²) in [6.45, 7) is 3.61. The number of aryl methyl sites for hydroxylation is 1. The Morgan fingerprint density at radius 1 is 0.938 bits per heavy atom. The van der Waals surface area contributed by atoms with Gasteiger partial charge in [0.2, 0.25) is 5.91 Å². The molecule has 3 aromatic rings. The van der Waals surface area contributed by atoms with Crippen LogP contribution >= 0.6 is 11.8 Å². The molecule has 32 heavy (non-hydrogen) atoms. The molecule has 3 N–H and O–H groups in total. The lowest BCUT2D eigenvalue weighted by Crippen LogP contribution is -2.22. The molecule has 0 fully saturated rings. The molecule has 9 heteroatoms. The van der Waals surface area contributed by atoms with Gasteiger partial charge >= 0.3 is 5.97 Å². The first kappa shape index (κ1) is 23.4. The normalized spacial score (nSPS) is 12.1. The molecule has 7 nitrogen and oxygen atoms in total. The predicted molar refractivity (Wildman–Crippen MR) is 126 cm³/mol. The minimum absolute atomic E-state index is 0.0896. The first-order valence-electron chi connectivity index (χ1n) is 9.64. The number of benzene rings is 3. The molecule has 0 heterocycles. The van der Waals surface area contributed by atoms with Crippen molar-refractivity contribution in [3.63, 3.8) is 0 Å². The number of sulfonamides is 1. The summed E-state index contributed by atoms with van der Waals surface area (Å²) in [5.41, 5.74) is 1.88. The van der Waals surface area contributed by atoms with Crippen molar-refractivity contribution in [2.75, 3.05) is 10.0 Å². The number of hydrogen-bond acceptors (Lipinski definition) is 5. The molecule has 0 bridgehead atoms. The fraction of sp³-hybridized carbons (Fsp3) is 0.130.